The number of esters is 1. The third-order valence-electron chi connectivity index (χ3n) is 2.77. The highest BCUT2D eigenvalue weighted by Crippen LogP contribution is 2.14. The van der Waals surface area contributed by atoms with E-state index in [0.717, 1.165) is 5.56 Å². The first-order valence-corrected chi connectivity index (χ1v) is 8.30. The van der Waals surface area contributed by atoms with Crippen molar-refractivity contribution in [2.45, 2.75) is 12.1 Å². The number of benzene rings is 1. The third-order valence-corrected chi connectivity index (χ3v) is 3.64. The molecule has 1 aromatic carbocycles. The van der Waals surface area contributed by atoms with Crippen LogP contribution in [0.15, 0.2) is 54.0 Å². The van der Waals surface area contributed by atoms with E-state index in [-0.39, 0.29) is 17.6 Å². The normalized spacial score (nSPS) is 10.5. The Bertz CT molecular complexity index is 703. The molecule has 2 aromatic rings. The molecule has 0 aliphatic heterocycles. The van der Waals surface area contributed by atoms with Crippen LogP contribution in [0.2, 0.25) is 0 Å². The Morgan fingerprint density at radius 3 is 2.58 bits per heavy atom. The summed E-state index contributed by atoms with van der Waals surface area (Å²) in [7, 11) is 0. The van der Waals surface area contributed by atoms with Crippen LogP contribution in [0.4, 0.5) is 5.69 Å². The van der Waals surface area contributed by atoms with Crippen molar-refractivity contribution in [1.82, 2.24) is 9.97 Å². The van der Waals surface area contributed by atoms with Crippen LogP contribution in [-0.2, 0) is 14.3 Å². The Hall–Kier alpha value is -2.67. The average molecular weight is 343 g/mol. The Kier molecular flexibility index (Phi) is 6.97. The van der Waals surface area contributed by atoms with E-state index in [2.05, 4.69) is 15.3 Å². The van der Waals surface area contributed by atoms with Crippen LogP contribution in [-0.4, -0.2) is 34.2 Å². The molecule has 1 N–H and O–H groups in total. The highest BCUT2D eigenvalue weighted by Gasteiger charge is 2.05. The Balaban J connectivity index is 1.82. The molecule has 0 bridgehead atoms. The van der Waals surface area contributed by atoms with E-state index in [1.807, 2.05) is 0 Å². The molecule has 7 heteroatoms. The van der Waals surface area contributed by atoms with Crippen LogP contribution in [0, 0.1) is 0 Å². The van der Waals surface area contributed by atoms with Gasteiger partial charge in [-0.15, -0.1) is 0 Å². The molecule has 0 aliphatic carbocycles. The predicted molar refractivity (Wildman–Crippen MR) is 93.5 cm³/mol. The van der Waals surface area contributed by atoms with Gasteiger partial charge in [0.25, 0.3) is 0 Å². The molecule has 0 saturated carbocycles. The summed E-state index contributed by atoms with van der Waals surface area (Å²) in [5.41, 5.74) is 1.52. The number of anilines is 1. The molecule has 0 saturated heterocycles. The quantitative estimate of drug-likeness (QED) is 0.360. The first-order chi connectivity index (χ1) is 11.7. The molecule has 0 atom stereocenters. The van der Waals surface area contributed by atoms with Gasteiger partial charge in [0, 0.05) is 24.2 Å². The molecular formula is C17H17N3O3S. The Labute approximate surface area is 144 Å². The highest BCUT2D eigenvalue weighted by atomic mass is 32.2. The summed E-state index contributed by atoms with van der Waals surface area (Å²) in [6, 6.07) is 8.87. The molecule has 0 radical (unpaired) electrons. The molecule has 1 heterocycles. The number of rotatable bonds is 7. The van der Waals surface area contributed by atoms with Crippen molar-refractivity contribution in [3.05, 3.63) is 54.4 Å². The number of amides is 1. The Morgan fingerprint density at radius 2 is 1.92 bits per heavy atom. The van der Waals surface area contributed by atoms with Crippen molar-refractivity contribution in [3.8, 4) is 0 Å². The van der Waals surface area contributed by atoms with Crippen molar-refractivity contribution in [3.63, 3.8) is 0 Å². The van der Waals surface area contributed by atoms with Gasteiger partial charge in [-0.2, -0.15) is 0 Å². The minimum Gasteiger partial charge on any atom is -0.463 e. The lowest BCUT2D eigenvalue weighted by Crippen LogP contribution is -2.14. The third kappa shape index (κ3) is 6.21. The topological polar surface area (TPSA) is 81.2 Å². The zero-order valence-electron chi connectivity index (χ0n) is 13.1. The number of nitrogens with one attached hydrogen (secondary N) is 1. The molecule has 6 nitrogen and oxygen atoms in total. The molecule has 124 valence electrons. The molecular weight excluding hydrogens is 326 g/mol. The molecule has 1 amide bonds. The monoisotopic (exact) mass is 343 g/mol. The number of thioether (sulfide) groups is 1. The van der Waals surface area contributed by atoms with Gasteiger partial charge < -0.3 is 10.1 Å². The molecule has 1 aromatic heterocycles. The zero-order chi connectivity index (χ0) is 17.2. The van der Waals surface area contributed by atoms with E-state index in [0.29, 0.717) is 17.5 Å². The van der Waals surface area contributed by atoms with Crippen LogP contribution in [0.1, 0.15) is 12.5 Å². The number of hydrogen-bond acceptors (Lipinski definition) is 6. The summed E-state index contributed by atoms with van der Waals surface area (Å²) in [5.74, 6) is -0.286. The maximum atomic E-state index is 11.9. The lowest BCUT2D eigenvalue weighted by atomic mass is 10.2. The number of nitrogens with zero attached hydrogens (tertiary/aromatic N) is 2. The fraction of sp³-hybridized carbons (Fsp3) is 0.176. The fourth-order valence-electron chi connectivity index (χ4n) is 1.72. The van der Waals surface area contributed by atoms with Crippen LogP contribution < -0.4 is 5.32 Å². The second kappa shape index (κ2) is 9.46. The number of aromatic nitrogens is 2. The van der Waals surface area contributed by atoms with Gasteiger partial charge >= 0.3 is 5.97 Å². The van der Waals surface area contributed by atoms with Gasteiger partial charge in [0.15, 0.2) is 5.16 Å². The number of carbonyl (C=O) groups excluding carboxylic acids is 2. The maximum Gasteiger partial charge on any atom is 0.330 e. The van der Waals surface area contributed by atoms with Gasteiger partial charge in [0.1, 0.15) is 0 Å². The molecule has 0 fully saturated rings. The van der Waals surface area contributed by atoms with Gasteiger partial charge in [-0.05, 0) is 36.8 Å². The minimum atomic E-state index is -0.380. The minimum absolute atomic E-state index is 0.137. The number of hydrogen-bond donors (Lipinski definition) is 1. The van der Waals surface area contributed by atoms with Gasteiger partial charge in [-0.1, -0.05) is 23.9 Å². The van der Waals surface area contributed by atoms with Crippen LogP contribution in [0.3, 0.4) is 0 Å². The van der Waals surface area contributed by atoms with Crippen molar-refractivity contribution >= 4 is 35.4 Å². The largest absolute Gasteiger partial charge is 0.463 e. The summed E-state index contributed by atoms with van der Waals surface area (Å²) in [5, 5.41) is 3.36. The maximum absolute atomic E-state index is 11.9. The summed E-state index contributed by atoms with van der Waals surface area (Å²) < 4.78 is 4.81. The average Bonchev–Trinajstić information content (AvgIpc) is 2.60. The van der Waals surface area contributed by atoms with Gasteiger partial charge in [-0.25, -0.2) is 14.8 Å². The highest BCUT2D eigenvalue weighted by molar-refractivity contribution is 7.99. The van der Waals surface area contributed by atoms with E-state index in [4.69, 9.17) is 4.74 Å². The van der Waals surface area contributed by atoms with E-state index in [1.54, 1.807) is 55.7 Å². The summed E-state index contributed by atoms with van der Waals surface area (Å²) >= 11 is 1.27. The molecule has 2 rings (SSSR count). The van der Waals surface area contributed by atoms with Gasteiger partial charge in [0.2, 0.25) is 5.91 Å². The number of ether oxygens (including phenoxy) is 1. The van der Waals surface area contributed by atoms with E-state index < -0.39 is 0 Å². The Morgan fingerprint density at radius 1 is 1.21 bits per heavy atom. The lowest BCUT2D eigenvalue weighted by Gasteiger charge is -2.05. The van der Waals surface area contributed by atoms with Crippen LogP contribution >= 0.6 is 11.8 Å². The summed E-state index contributed by atoms with van der Waals surface area (Å²) in [4.78, 5) is 31.2. The molecule has 0 spiro atoms. The molecule has 0 aliphatic rings. The van der Waals surface area contributed by atoms with E-state index in [9.17, 15) is 9.59 Å². The first-order valence-electron chi connectivity index (χ1n) is 7.32. The zero-order valence-corrected chi connectivity index (χ0v) is 14.0. The summed E-state index contributed by atoms with van der Waals surface area (Å²) in [6.45, 7) is 2.10. The van der Waals surface area contributed by atoms with E-state index in [1.165, 1.54) is 17.8 Å². The first kappa shape index (κ1) is 17.7. The van der Waals surface area contributed by atoms with Gasteiger partial charge in [-0.3, -0.25) is 4.79 Å². The molecule has 0 unspecified atom stereocenters. The van der Waals surface area contributed by atoms with Crippen molar-refractivity contribution in [2.75, 3.05) is 17.7 Å². The van der Waals surface area contributed by atoms with Crippen molar-refractivity contribution < 1.29 is 14.3 Å². The van der Waals surface area contributed by atoms with Crippen molar-refractivity contribution in [1.29, 1.82) is 0 Å². The SMILES string of the molecule is CCOC(=O)C=Cc1ccc(NC(=O)CSc2ncccn2)cc1. The fourth-order valence-corrected chi connectivity index (χ4v) is 2.32. The number of carbonyl (C=O) groups is 2. The van der Waals surface area contributed by atoms with Gasteiger partial charge in [0.05, 0.1) is 12.4 Å². The van der Waals surface area contributed by atoms with Crippen LogP contribution in [0.5, 0.6) is 0 Å². The standard InChI is InChI=1S/C17H17N3O3S/c1-2-23-16(22)9-6-13-4-7-14(8-5-13)20-15(21)12-24-17-18-10-3-11-19-17/h3-11H,2,12H2,1H3,(H,20,21). The smallest absolute Gasteiger partial charge is 0.330 e. The summed E-state index contributed by atoms with van der Waals surface area (Å²) in [6.07, 6.45) is 6.30. The van der Waals surface area contributed by atoms with Crippen molar-refractivity contribution in [2.24, 2.45) is 0 Å². The molecule has 24 heavy (non-hydrogen) atoms. The second-order valence-electron chi connectivity index (χ2n) is 4.58. The predicted octanol–water partition coefficient (Wildman–Crippen LogP) is 2.78. The van der Waals surface area contributed by atoms with E-state index >= 15 is 0 Å². The lowest BCUT2D eigenvalue weighted by molar-refractivity contribution is -0.137. The second-order valence-corrected chi connectivity index (χ2v) is 5.52. The van der Waals surface area contributed by atoms with Crippen LogP contribution in [0.25, 0.3) is 6.08 Å².